The van der Waals surface area contributed by atoms with Crippen molar-refractivity contribution in [3.63, 3.8) is 0 Å². The van der Waals surface area contributed by atoms with Crippen LogP contribution in [0, 0.1) is 10.7 Å². The van der Waals surface area contributed by atoms with Gasteiger partial charge in [0.05, 0.1) is 0 Å². The van der Waals surface area contributed by atoms with Gasteiger partial charge in [-0.15, -0.1) is 0 Å². The summed E-state index contributed by atoms with van der Waals surface area (Å²) in [5.74, 6) is 0.156. The Balaban J connectivity index is 1.98. The summed E-state index contributed by atoms with van der Waals surface area (Å²) in [5.41, 5.74) is 0.456. The molecule has 0 amide bonds. The summed E-state index contributed by atoms with van der Waals surface area (Å²) in [4.78, 5) is 14.2. The van der Waals surface area contributed by atoms with E-state index in [0.29, 0.717) is 23.4 Å². The number of likely N-dealkylation sites (tertiary alicyclic amines) is 1. The summed E-state index contributed by atoms with van der Waals surface area (Å²) < 4.78 is 9.74. The first-order valence-corrected chi connectivity index (χ1v) is 12.8. The fourth-order valence-corrected chi connectivity index (χ4v) is 9.19. The van der Waals surface area contributed by atoms with Gasteiger partial charge in [-0.05, 0) is 0 Å². The molecule has 0 saturated carbocycles. The predicted molar refractivity (Wildman–Crippen MR) is 112 cm³/mol. The first kappa shape index (κ1) is 21.7. The molecular formula is C18H23I3NO3-. The number of alkyl halides is 1. The van der Waals surface area contributed by atoms with Crippen molar-refractivity contribution in [1.29, 1.82) is 0 Å². The van der Waals surface area contributed by atoms with Crippen molar-refractivity contribution in [1.82, 2.24) is 4.90 Å². The van der Waals surface area contributed by atoms with E-state index in [9.17, 15) is 9.90 Å². The number of aromatic hydroxyl groups is 1. The van der Waals surface area contributed by atoms with Crippen LogP contribution >= 0.6 is 45.2 Å². The number of phenols is 1. The number of halogens is 3. The number of carbonyl (C=O) groups is 1. The van der Waals surface area contributed by atoms with Gasteiger partial charge in [-0.1, -0.05) is 0 Å². The fourth-order valence-electron chi connectivity index (χ4n) is 2.92. The second-order valence-electron chi connectivity index (χ2n) is 6.46. The summed E-state index contributed by atoms with van der Waals surface area (Å²) in [6.45, 7) is 9.73. The Kier molecular flexibility index (Phi) is 8.27. The van der Waals surface area contributed by atoms with Crippen molar-refractivity contribution in [2.45, 2.75) is 51.8 Å². The van der Waals surface area contributed by atoms with Crippen molar-refractivity contribution in [3.05, 3.63) is 35.0 Å². The summed E-state index contributed by atoms with van der Waals surface area (Å²) in [6, 6.07) is 4.81. The van der Waals surface area contributed by atoms with Crippen LogP contribution < -0.4 is 21.2 Å². The molecule has 0 bridgehead atoms. The van der Waals surface area contributed by atoms with Gasteiger partial charge in [-0.3, -0.25) is 0 Å². The third-order valence-corrected chi connectivity index (χ3v) is 8.50. The number of phenolic OH excluding ortho intramolecular Hbond substituents is 1. The zero-order valence-corrected chi connectivity index (χ0v) is 21.0. The molecule has 2 rings (SSSR count). The van der Waals surface area contributed by atoms with Crippen LogP contribution in [-0.2, 0) is 9.53 Å². The molecule has 0 aromatic heterocycles. The molecule has 0 spiro atoms. The van der Waals surface area contributed by atoms with Gasteiger partial charge in [-0.25, -0.2) is 0 Å². The molecule has 1 aliphatic heterocycles. The van der Waals surface area contributed by atoms with Gasteiger partial charge in [-0.2, -0.15) is 0 Å². The van der Waals surface area contributed by atoms with Gasteiger partial charge < -0.3 is 0 Å². The van der Waals surface area contributed by atoms with Gasteiger partial charge in [0.1, 0.15) is 0 Å². The molecule has 140 valence electrons. The molecule has 1 heterocycles. The van der Waals surface area contributed by atoms with Crippen LogP contribution in [0.15, 0.2) is 24.3 Å². The average molecular weight is 682 g/mol. The maximum atomic E-state index is 11.8. The Bertz CT molecular complexity index is 653. The number of nitrogens with zero attached hydrogens (tertiary/aromatic N) is 1. The maximum absolute atomic E-state index is 11.8. The molecule has 0 aliphatic carbocycles. The van der Waals surface area contributed by atoms with Crippen LogP contribution in [0.3, 0.4) is 0 Å². The zero-order valence-electron chi connectivity index (χ0n) is 14.6. The number of piperidine rings is 1. The number of benzene rings is 1. The molecule has 2 unspecified atom stereocenters. The molecule has 1 aliphatic rings. The standard InChI is InChI=1S/C18H23I3NO3/c1-10(2)18(24)25-14-5-11(3)22(12(4)6-14)9-21-16-8-13(19)7-15(20)17(16)23/h7-8,11-12,14,23H,1,5-6,9H2,2-4H3/q-1. The van der Waals surface area contributed by atoms with Crippen LogP contribution in [0.1, 0.15) is 33.6 Å². The third kappa shape index (κ3) is 5.93. The van der Waals surface area contributed by atoms with Crippen molar-refractivity contribution >= 4 is 51.2 Å². The van der Waals surface area contributed by atoms with Crippen molar-refractivity contribution in [2.75, 3.05) is 4.55 Å². The average Bonchev–Trinajstić information content (AvgIpc) is 2.50. The van der Waals surface area contributed by atoms with E-state index in [1.807, 2.05) is 6.07 Å². The van der Waals surface area contributed by atoms with Gasteiger partial charge in [0, 0.05) is 0 Å². The molecule has 1 aromatic carbocycles. The van der Waals surface area contributed by atoms with Crippen LogP contribution in [0.5, 0.6) is 5.75 Å². The van der Waals surface area contributed by atoms with Gasteiger partial charge in [0.2, 0.25) is 0 Å². The Labute approximate surface area is 187 Å². The Morgan fingerprint density at radius 1 is 1.36 bits per heavy atom. The van der Waals surface area contributed by atoms with Crippen LogP contribution in [0.4, 0.5) is 0 Å². The van der Waals surface area contributed by atoms with E-state index in [4.69, 9.17) is 4.74 Å². The summed E-state index contributed by atoms with van der Waals surface area (Å²) in [5, 5.41) is 10.3. The Morgan fingerprint density at radius 2 is 1.96 bits per heavy atom. The number of rotatable bonds is 5. The molecule has 0 radical (unpaired) electrons. The van der Waals surface area contributed by atoms with Crippen molar-refractivity contribution in [2.24, 2.45) is 0 Å². The minimum absolute atomic E-state index is 0.0318. The molecule has 1 aromatic rings. The third-order valence-electron chi connectivity index (χ3n) is 4.29. The van der Waals surface area contributed by atoms with E-state index in [1.54, 1.807) is 6.92 Å². The van der Waals surface area contributed by atoms with E-state index in [2.05, 4.69) is 76.6 Å². The molecule has 1 N–H and O–H groups in total. The molecule has 4 nitrogen and oxygen atoms in total. The second kappa shape index (κ2) is 9.54. The minimum atomic E-state index is -0.306. The first-order chi connectivity index (χ1) is 11.7. The summed E-state index contributed by atoms with van der Waals surface area (Å²) in [6.07, 6.45) is 1.67. The number of ether oxygens (including phenoxy) is 1. The Morgan fingerprint density at radius 3 is 2.52 bits per heavy atom. The molecule has 7 heteroatoms. The van der Waals surface area contributed by atoms with Gasteiger partial charge in [0.15, 0.2) is 0 Å². The summed E-state index contributed by atoms with van der Waals surface area (Å²) in [7, 11) is 0. The van der Waals surface area contributed by atoms with E-state index in [1.165, 1.54) is 3.57 Å². The summed E-state index contributed by atoms with van der Waals surface area (Å²) >= 11 is 4.19. The van der Waals surface area contributed by atoms with E-state index in [0.717, 1.165) is 24.5 Å². The van der Waals surface area contributed by atoms with E-state index in [-0.39, 0.29) is 33.3 Å². The predicted octanol–water partition coefficient (Wildman–Crippen LogP) is 1.18. The van der Waals surface area contributed by atoms with E-state index < -0.39 is 0 Å². The SMILES string of the molecule is C=C(C)C(=O)OC1CC(C)N(C[I-]c2cc(I)cc(I)c2O)C(C)C1. The fraction of sp³-hybridized carbons (Fsp3) is 0.500. The molecule has 25 heavy (non-hydrogen) atoms. The molecular weight excluding hydrogens is 659 g/mol. The normalized spacial score (nSPS) is 24.3. The van der Waals surface area contributed by atoms with Gasteiger partial charge in [0.25, 0.3) is 0 Å². The Hall–Kier alpha value is 0.380. The van der Waals surface area contributed by atoms with Crippen LogP contribution in [0.2, 0.25) is 0 Å². The van der Waals surface area contributed by atoms with Gasteiger partial charge >= 0.3 is 189 Å². The topological polar surface area (TPSA) is 49.8 Å². The zero-order chi connectivity index (χ0) is 18.7. The number of hydrogen-bond acceptors (Lipinski definition) is 4. The van der Waals surface area contributed by atoms with Crippen molar-refractivity contribution < 1.29 is 35.8 Å². The number of esters is 1. The molecule has 2 atom stereocenters. The van der Waals surface area contributed by atoms with Crippen LogP contribution in [0.25, 0.3) is 0 Å². The van der Waals surface area contributed by atoms with E-state index >= 15 is 0 Å². The van der Waals surface area contributed by atoms with Crippen LogP contribution in [-0.4, -0.2) is 38.7 Å². The molecule has 1 saturated heterocycles. The molecule has 1 fully saturated rings. The second-order valence-corrected chi connectivity index (χ2v) is 11.5. The quantitative estimate of drug-likeness (QED) is 0.167. The first-order valence-electron chi connectivity index (χ1n) is 8.08. The number of hydrogen-bond donors (Lipinski definition) is 1. The number of carbonyl (C=O) groups excluding carboxylic acids is 1. The monoisotopic (exact) mass is 682 g/mol. The van der Waals surface area contributed by atoms with Crippen molar-refractivity contribution in [3.8, 4) is 5.75 Å².